The van der Waals surface area contributed by atoms with Gasteiger partial charge < -0.3 is 10.2 Å². The molecule has 0 aliphatic carbocycles. The SMILES string of the molecule is I.c1ccc(NC(=NCc2ccnc3ccnn23)N2CCCCC2)cc1. The van der Waals surface area contributed by atoms with Crippen LogP contribution in [0.3, 0.4) is 0 Å². The number of halogens is 1. The number of para-hydroxylation sites is 1. The van der Waals surface area contributed by atoms with Crippen LogP contribution in [-0.4, -0.2) is 38.5 Å². The van der Waals surface area contributed by atoms with E-state index in [-0.39, 0.29) is 24.0 Å². The van der Waals surface area contributed by atoms with Gasteiger partial charge >= 0.3 is 0 Å². The number of likely N-dealkylation sites (tertiary alicyclic amines) is 1. The Balaban J connectivity index is 0.00000196. The first-order valence-electron chi connectivity index (χ1n) is 8.79. The van der Waals surface area contributed by atoms with Crippen molar-refractivity contribution in [3.8, 4) is 0 Å². The molecular weight excluding hydrogens is 439 g/mol. The van der Waals surface area contributed by atoms with Crippen LogP contribution in [0.1, 0.15) is 25.0 Å². The van der Waals surface area contributed by atoms with Crippen molar-refractivity contribution in [2.75, 3.05) is 18.4 Å². The van der Waals surface area contributed by atoms with Crippen molar-refractivity contribution in [3.05, 3.63) is 60.6 Å². The summed E-state index contributed by atoms with van der Waals surface area (Å²) in [6.07, 6.45) is 7.31. The molecule has 1 fully saturated rings. The lowest BCUT2D eigenvalue weighted by Gasteiger charge is -2.30. The maximum atomic E-state index is 4.89. The van der Waals surface area contributed by atoms with Crippen molar-refractivity contribution in [3.63, 3.8) is 0 Å². The highest BCUT2D eigenvalue weighted by molar-refractivity contribution is 14.0. The van der Waals surface area contributed by atoms with Gasteiger partial charge in [0, 0.05) is 31.0 Å². The first-order valence-corrected chi connectivity index (χ1v) is 8.79. The molecule has 1 N–H and O–H groups in total. The van der Waals surface area contributed by atoms with Gasteiger partial charge in [0.05, 0.1) is 18.4 Å². The molecule has 0 radical (unpaired) electrons. The van der Waals surface area contributed by atoms with Crippen LogP contribution in [-0.2, 0) is 6.54 Å². The zero-order chi connectivity index (χ0) is 16.9. The van der Waals surface area contributed by atoms with E-state index in [1.54, 1.807) is 6.20 Å². The van der Waals surface area contributed by atoms with Crippen LogP contribution in [0.4, 0.5) is 5.69 Å². The molecular formula is C19H23IN6. The van der Waals surface area contributed by atoms with E-state index in [0.29, 0.717) is 6.54 Å². The number of hydrogen-bond acceptors (Lipinski definition) is 3. The molecule has 1 aromatic carbocycles. The summed E-state index contributed by atoms with van der Waals surface area (Å²) < 4.78 is 1.85. The molecule has 1 aliphatic heterocycles. The third-order valence-corrected chi connectivity index (χ3v) is 4.44. The summed E-state index contributed by atoms with van der Waals surface area (Å²) in [5, 5.41) is 7.84. The number of aliphatic imine (C=N–C) groups is 1. The molecule has 1 aliphatic rings. The van der Waals surface area contributed by atoms with Crippen molar-refractivity contribution in [2.45, 2.75) is 25.8 Å². The van der Waals surface area contributed by atoms with Crippen LogP contribution in [0, 0.1) is 0 Å². The lowest BCUT2D eigenvalue weighted by Crippen LogP contribution is -2.40. The lowest BCUT2D eigenvalue weighted by molar-refractivity contribution is 0.340. The summed E-state index contributed by atoms with van der Waals surface area (Å²) in [7, 11) is 0. The van der Waals surface area contributed by atoms with Gasteiger partial charge in [0.1, 0.15) is 0 Å². The number of nitrogens with one attached hydrogen (secondary N) is 1. The van der Waals surface area contributed by atoms with E-state index >= 15 is 0 Å². The van der Waals surface area contributed by atoms with Gasteiger partial charge in [0.15, 0.2) is 11.6 Å². The van der Waals surface area contributed by atoms with E-state index in [9.17, 15) is 0 Å². The molecule has 0 amide bonds. The Bertz CT molecular complexity index is 855. The number of fused-ring (bicyclic) bond motifs is 1. The van der Waals surface area contributed by atoms with Crippen molar-refractivity contribution >= 4 is 41.3 Å². The largest absolute Gasteiger partial charge is 0.343 e. The molecule has 4 rings (SSSR count). The summed E-state index contributed by atoms with van der Waals surface area (Å²) in [6, 6.07) is 14.1. The Morgan fingerprint density at radius 2 is 1.81 bits per heavy atom. The zero-order valence-corrected chi connectivity index (χ0v) is 16.9. The van der Waals surface area contributed by atoms with Gasteiger partial charge in [-0.05, 0) is 37.5 Å². The Hall–Kier alpha value is -2.16. The Kier molecular flexibility index (Phi) is 6.43. The molecule has 3 heterocycles. The van der Waals surface area contributed by atoms with Crippen LogP contribution in [0.25, 0.3) is 5.65 Å². The first-order chi connectivity index (χ1) is 12.4. The van der Waals surface area contributed by atoms with Gasteiger partial charge in [-0.1, -0.05) is 18.2 Å². The van der Waals surface area contributed by atoms with Crippen LogP contribution in [0.15, 0.2) is 59.9 Å². The van der Waals surface area contributed by atoms with E-state index in [2.05, 4.69) is 32.4 Å². The number of benzene rings is 1. The minimum absolute atomic E-state index is 0. The highest BCUT2D eigenvalue weighted by Gasteiger charge is 2.15. The second-order valence-corrected chi connectivity index (χ2v) is 6.22. The number of nitrogens with zero attached hydrogens (tertiary/aromatic N) is 5. The zero-order valence-electron chi connectivity index (χ0n) is 14.6. The van der Waals surface area contributed by atoms with Gasteiger partial charge in [-0.2, -0.15) is 5.10 Å². The molecule has 26 heavy (non-hydrogen) atoms. The summed E-state index contributed by atoms with van der Waals surface area (Å²) in [5.41, 5.74) is 2.94. The number of rotatable bonds is 3. The van der Waals surface area contributed by atoms with E-state index < -0.39 is 0 Å². The molecule has 0 bridgehead atoms. The van der Waals surface area contributed by atoms with Gasteiger partial charge in [-0.3, -0.25) is 0 Å². The highest BCUT2D eigenvalue weighted by Crippen LogP contribution is 2.13. The number of hydrogen-bond donors (Lipinski definition) is 1. The predicted molar refractivity (Wildman–Crippen MR) is 115 cm³/mol. The number of aromatic nitrogens is 3. The monoisotopic (exact) mass is 462 g/mol. The summed E-state index contributed by atoms with van der Waals surface area (Å²) >= 11 is 0. The van der Waals surface area contributed by atoms with Crippen LogP contribution < -0.4 is 5.32 Å². The van der Waals surface area contributed by atoms with Crippen LogP contribution in [0.2, 0.25) is 0 Å². The number of guanidine groups is 1. The highest BCUT2D eigenvalue weighted by atomic mass is 127. The molecule has 3 aromatic rings. The molecule has 0 atom stereocenters. The maximum absolute atomic E-state index is 4.89. The molecule has 136 valence electrons. The number of piperidine rings is 1. The fourth-order valence-corrected chi connectivity index (χ4v) is 3.14. The molecule has 2 aromatic heterocycles. The molecule has 1 saturated heterocycles. The Morgan fingerprint density at radius 3 is 2.62 bits per heavy atom. The maximum Gasteiger partial charge on any atom is 0.198 e. The van der Waals surface area contributed by atoms with Gasteiger partial charge in [0.25, 0.3) is 0 Å². The topological polar surface area (TPSA) is 57.8 Å². The van der Waals surface area contributed by atoms with E-state index in [0.717, 1.165) is 36.1 Å². The predicted octanol–water partition coefficient (Wildman–Crippen LogP) is 3.80. The molecule has 0 unspecified atom stereocenters. The minimum Gasteiger partial charge on any atom is -0.343 e. The third kappa shape index (κ3) is 4.32. The van der Waals surface area contributed by atoms with Crippen LogP contribution in [0.5, 0.6) is 0 Å². The quantitative estimate of drug-likeness (QED) is 0.366. The summed E-state index contributed by atoms with van der Waals surface area (Å²) in [4.78, 5) is 11.5. The Morgan fingerprint density at radius 1 is 1.00 bits per heavy atom. The van der Waals surface area contributed by atoms with Crippen LogP contribution >= 0.6 is 24.0 Å². The molecule has 0 saturated carbocycles. The van der Waals surface area contributed by atoms with Gasteiger partial charge in [0.2, 0.25) is 0 Å². The summed E-state index contributed by atoms with van der Waals surface area (Å²) in [6.45, 7) is 2.66. The van der Waals surface area contributed by atoms with Crippen molar-refractivity contribution in [2.24, 2.45) is 4.99 Å². The smallest absolute Gasteiger partial charge is 0.198 e. The summed E-state index contributed by atoms with van der Waals surface area (Å²) in [5.74, 6) is 0.933. The van der Waals surface area contributed by atoms with Crippen molar-refractivity contribution in [1.29, 1.82) is 0 Å². The average molecular weight is 462 g/mol. The molecule has 0 spiro atoms. The normalized spacial score (nSPS) is 14.9. The number of anilines is 1. The van der Waals surface area contributed by atoms with E-state index in [4.69, 9.17) is 4.99 Å². The molecule has 7 heteroatoms. The average Bonchev–Trinajstić information content (AvgIpc) is 3.16. The lowest BCUT2D eigenvalue weighted by atomic mass is 10.1. The Labute approximate surface area is 170 Å². The standard InChI is InChI=1S/C19H22N6.HI/c1-3-7-16(8-4-1)23-19(24-13-5-2-6-14-24)21-15-17-9-11-20-18-10-12-22-25(17)18;/h1,3-4,7-12H,2,5-6,13-15H2,(H,21,23);1H. The molecule has 6 nitrogen and oxygen atoms in total. The van der Waals surface area contributed by atoms with E-state index in [1.165, 1.54) is 19.3 Å². The van der Waals surface area contributed by atoms with Crippen molar-refractivity contribution < 1.29 is 0 Å². The third-order valence-electron chi connectivity index (χ3n) is 4.44. The fraction of sp³-hybridized carbons (Fsp3) is 0.316. The van der Waals surface area contributed by atoms with Crippen molar-refractivity contribution in [1.82, 2.24) is 19.5 Å². The second kappa shape index (κ2) is 8.98. The second-order valence-electron chi connectivity index (χ2n) is 6.22. The van der Waals surface area contributed by atoms with Gasteiger partial charge in [-0.25, -0.2) is 14.5 Å². The fourth-order valence-electron chi connectivity index (χ4n) is 3.14. The first kappa shape index (κ1) is 18.6. The van der Waals surface area contributed by atoms with E-state index in [1.807, 2.05) is 41.0 Å². The minimum atomic E-state index is 0. The van der Waals surface area contributed by atoms with Gasteiger partial charge in [-0.15, -0.1) is 24.0 Å².